The van der Waals surface area contributed by atoms with Gasteiger partial charge in [0.15, 0.2) is 0 Å². The summed E-state index contributed by atoms with van der Waals surface area (Å²) in [7, 11) is 0. The van der Waals surface area contributed by atoms with Crippen LogP contribution >= 0.6 is 11.3 Å². The highest BCUT2D eigenvalue weighted by Crippen LogP contribution is 2.25. The van der Waals surface area contributed by atoms with Gasteiger partial charge in [-0.1, -0.05) is 11.8 Å². The van der Waals surface area contributed by atoms with Gasteiger partial charge in [-0.25, -0.2) is 0 Å². The van der Waals surface area contributed by atoms with Crippen LogP contribution in [0.1, 0.15) is 23.3 Å². The normalized spacial score (nSPS) is 22.0. The molecule has 3 heterocycles. The van der Waals surface area contributed by atoms with E-state index >= 15 is 0 Å². The van der Waals surface area contributed by atoms with Crippen LogP contribution in [-0.4, -0.2) is 66.3 Å². The summed E-state index contributed by atoms with van der Waals surface area (Å²) in [6.45, 7) is 4.37. The third-order valence-electron chi connectivity index (χ3n) is 4.30. The molecule has 0 radical (unpaired) electrons. The molecule has 2 saturated heterocycles. The van der Waals surface area contributed by atoms with Crippen molar-refractivity contribution in [2.24, 2.45) is 0 Å². The van der Waals surface area contributed by atoms with Gasteiger partial charge in [0.05, 0.1) is 19.3 Å². The van der Waals surface area contributed by atoms with Crippen molar-refractivity contribution in [3.8, 4) is 11.8 Å². The smallest absolute Gasteiger partial charge is 0.240 e. The topological polar surface area (TPSA) is 53.0 Å². The Morgan fingerprint density at radius 1 is 1.39 bits per heavy atom. The van der Waals surface area contributed by atoms with Gasteiger partial charge in [0.25, 0.3) is 0 Å². The zero-order chi connectivity index (χ0) is 16.1. The first-order valence-corrected chi connectivity index (χ1v) is 8.93. The number of hydrogen-bond acceptors (Lipinski definition) is 5. The van der Waals surface area contributed by atoms with Gasteiger partial charge in [0.2, 0.25) is 5.91 Å². The Kier molecular flexibility index (Phi) is 5.68. The number of amides is 1. The molecule has 6 heteroatoms. The number of nitrogens with zero attached hydrogens (tertiary/aromatic N) is 2. The largest absolute Gasteiger partial charge is 0.384 e. The van der Waals surface area contributed by atoms with Crippen LogP contribution in [0.3, 0.4) is 0 Å². The summed E-state index contributed by atoms with van der Waals surface area (Å²) in [4.78, 5) is 18.2. The van der Waals surface area contributed by atoms with Crippen molar-refractivity contribution in [2.75, 3.05) is 39.5 Å². The van der Waals surface area contributed by atoms with Crippen molar-refractivity contribution < 1.29 is 14.6 Å². The SMILES string of the molecule is O=C([C@@H]1CCCN1Cc1cc(C#CCO)cs1)N1CCOCC1. The maximum atomic E-state index is 12.7. The van der Waals surface area contributed by atoms with E-state index < -0.39 is 0 Å². The Morgan fingerprint density at radius 3 is 3.00 bits per heavy atom. The number of ether oxygens (including phenoxy) is 1. The quantitative estimate of drug-likeness (QED) is 0.835. The van der Waals surface area contributed by atoms with E-state index in [1.54, 1.807) is 11.3 Å². The highest BCUT2D eigenvalue weighted by atomic mass is 32.1. The average Bonchev–Trinajstić information content (AvgIpc) is 3.23. The highest BCUT2D eigenvalue weighted by molar-refractivity contribution is 7.10. The van der Waals surface area contributed by atoms with Crippen molar-refractivity contribution in [2.45, 2.75) is 25.4 Å². The molecule has 3 rings (SSSR count). The fraction of sp³-hybridized carbons (Fsp3) is 0.588. The molecule has 1 atom stereocenters. The fourth-order valence-electron chi connectivity index (χ4n) is 3.16. The lowest BCUT2D eigenvalue weighted by Gasteiger charge is -2.32. The predicted octanol–water partition coefficient (Wildman–Crippen LogP) is 0.915. The van der Waals surface area contributed by atoms with E-state index in [1.807, 2.05) is 10.3 Å². The van der Waals surface area contributed by atoms with Crippen LogP contribution in [0.5, 0.6) is 0 Å². The number of carbonyl (C=O) groups is 1. The van der Waals surface area contributed by atoms with Gasteiger partial charge in [0, 0.05) is 35.5 Å². The molecule has 23 heavy (non-hydrogen) atoms. The second kappa shape index (κ2) is 7.93. The van der Waals surface area contributed by atoms with Crippen LogP contribution in [-0.2, 0) is 16.1 Å². The molecule has 124 valence electrons. The van der Waals surface area contributed by atoms with E-state index in [1.165, 1.54) is 4.88 Å². The van der Waals surface area contributed by atoms with E-state index in [4.69, 9.17) is 9.84 Å². The Morgan fingerprint density at radius 2 is 2.22 bits per heavy atom. The molecule has 1 aromatic heterocycles. The van der Waals surface area contributed by atoms with E-state index in [0.717, 1.165) is 31.5 Å². The van der Waals surface area contributed by atoms with Crippen LogP contribution in [0.15, 0.2) is 11.4 Å². The minimum atomic E-state index is -0.118. The molecule has 0 spiro atoms. The van der Waals surface area contributed by atoms with Gasteiger partial charge in [-0.2, -0.15) is 0 Å². The van der Waals surface area contributed by atoms with Gasteiger partial charge >= 0.3 is 0 Å². The zero-order valence-corrected chi connectivity index (χ0v) is 14.0. The first kappa shape index (κ1) is 16.5. The number of likely N-dealkylation sites (tertiary alicyclic amines) is 1. The number of aliphatic hydroxyl groups is 1. The van der Waals surface area contributed by atoms with Crippen LogP contribution in [0.2, 0.25) is 0 Å². The zero-order valence-electron chi connectivity index (χ0n) is 13.2. The molecule has 2 fully saturated rings. The van der Waals surface area contributed by atoms with Crippen molar-refractivity contribution in [3.05, 3.63) is 21.9 Å². The summed E-state index contributed by atoms with van der Waals surface area (Å²) in [5.41, 5.74) is 0.939. The average molecular weight is 334 g/mol. The summed E-state index contributed by atoms with van der Waals surface area (Å²) in [6.07, 6.45) is 2.02. The lowest BCUT2D eigenvalue weighted by atomic mass is 10.2. The summed E-state index contributed by atoms with van der Waals surface area (Å²) in [6, 6.07) is 2.06. The molecule has 2 aliphatic rings. The Labute approximate surface area is 140 Å². The number of aliphatic hydroxyl groups excluding tert-OH is 1. The Balaban J connectivity index is 1.62. The fourth-order valence-corrected chi connectivity index (χ4v) is 4.00. The maximum Gasteiger partial charge on any atom is 0.240 e. The third kappa shape index (κ3) is 4.12. The van der Waals surface area contributed by atoms with Gasteiger partial charge in [-0.05, 0) is 25.5 Å². The van der Waals surface area contributed by atoms with Crippen LogP contribution in [0.25, 0.3) is 0 Å². The Bertz CT molecular complexity index is 598. The van der Waals surface area contributed by atoms with Gasteiger partial charge in [-0.15, -0.1) is 11.3 Å². The third-order valence-corrected chi connectivity index (χ3v) is 5.22. The maximum absolute atomic E-state index is 12.7. The number of hydrogen-bond donors (Lipinski definition) is 1. The first-order valence-electron chi connectivity index (χ1n) is 8.05. The second-order valence-corrected chi connectivity index (χ2v) is 6.82. The predicted molar refractivity (Wildman–Crippen MR) is 89.1 cm³/mol. The molecular weight excluding hydrogens is 312 g/mol. The molecule has 0 aromatic carbocycles. The monoisotopic (exact) mass is 334 g/mol. The lowest BCUT2D eigenvalue weighted by molar-refractivity contribution is -0.140. The van der Waals surface area contributed by atoms with E-state index in [2.05, 4.69) is 22.8 Å². The van der Waals surface area contributed by atoms with Gasteiger partial charge in [0.1, 0.15) is 6.61 Å². The summed E-state index contributed by atoms with van der Waals surface area (Å²) >= 11 is 1.67. The molecule has 2 aliphatic heterocycles. The molecule has 5 nitrogen and oxygen atoms in total. The Hall–Kier alpha value is -1.39. The summed E-state index contributed by atoms with van der Waals surface area (Å²) < 4.78 is 5.33. The van der Waals surface area contributed by atoms with Crippen LogP contribution in [0, 0.1) is 11.8 Å². The van der Waals surface area contributed by atoms with E-state index in [9.17, 15) is 4.79 Å². The standard InChI is InChI=1S/C17H22N2O3S/c20-8-2-3-14-11-15(23-13-14)12-19-5-1-4-16(19)17(21)18-6-9-22-10-7-18/h11,13,16,20H,1,4-10,12H2/t16-/m0/s1. The first-order chi connectivity index (χ1) is 11.3. The molecule has 1 aromatic rings. The molecular formula is C17H22N2O3S. The van der Waals surface area contributed by atoms with E-state index in [0.29, 0.717) is 26.3 Å². The van der Waals surface area contributed by atoms with Gasteiger partial charge < -0.3 is 14.7 Å². The molecule has 0 bridgehead atoms. The molecule has 0 aliphatic carbocycles. The molecule has 0 unspecified atom stereocenters. The molecule has 0 saturated carbocycles. The van der Waals surface area contributed by atoms with Crippen molar-refractivity contribution >= 4 is 17.2 Å². The van der Waals surface area contributed by atoms with Gasteiger partial charge in [-0.3, -0.25) is 9.69 Å². The summed E-state index contributed by atoms with van der Waals surface area (Å²) in [5, 5.41) is 10.8. The number of carbonyl (C=O) groups excluding carboxylic acids is 1. The molecule has 1 amide bonds. The number of morpholine rings is 1. The second-order valence-electron chi connectivity index (χ2n) is 5.83. The van der Waals surface area contributed by atoms with Crippen LogP contribution < -0.4 is 0 Å². The van der Waals surface area contributed by atoms with Crippen molar-refractivity contribution in [1.82, 2.24) is 9.80 Å². The van der Waals surface area contributed by atoms with Crippen molar-refractivity contribution in [3.63, 3.8) is 0 Å². The van der Waals surface area contributed by atoms with Crippen molar-refractivity contribution in [1.29, 1.82) is 0 Å². The number of thiophene rings is 1. The number of rotatable bonds is 3. The minimum Gasteiger partial charge on any atom is -0.384 e. The minimum absolute atomic E-state index is 0.00201. The summed E-state index contributed by atoms with van der Waals surface area (Å²) in [5.74, 6) is 5.85. The highest BCUT2D eigenvalue weighted by Gasteiger charge is 2.34. The lowest BCUT2D eigenvalue weighted by Crippen LogP contribution is -2.49. The molecule has 1 N–H and O–H groups in total. The van der Waals surface area contributed by atoms with E-state index in [-0.39, 0.29) is 18.6 Å². The van der Waals surface area contributed by atoms with Crippen LogP contribution in [0.4, 0.5) is 0 Å².